The van der Waals surface area contributed by atoms with Crippen molar-refractivity contribution in [3.8, 4) is 11.8 Å². The van der Waals surface area contributed by atoms with Crippen LogP contribution in [0.5, 0.6) is 0 Å². The molecule has 0 aliphatic carbocycles. The molecule has 2 heterocycles. The molecule has 2 aromatic heterocycles. The molecule has 0 radical (unpaired) electrons. The highest BCUT2D eigenvalue weighted by atomic mass is 16.2. The van der Waals surface area contributed by atoms with E-state index in [2.05, 4.69) is 21.8 Å². The fraction of sp³-hybridized carbons (Fsp3) is 0.200. The Morgan fingerprint density at radius 3 is 3.14 bits per heavy atom. The Labute approximate surface area is 81.2 Å². The van der Waals surface area contributed by atoms with Crippen molar-refractivity contribution >= 4 is 11.2 Å². The van der Waals surface area contributed by atoms with Crippen molar-refractivity contribution in [3.05, 3.63) is 24.2 Å². The van der Waals surface area contributed by atoms with Gasteiger partial charge in [-0.15, -0.1) is 0 Å². The van der Waals surface area contributed by atoms with Gasteiger partial charge in [-0.25, -0.2) is 9.97 Å². The van der Waals surface area contributed by atoms with Gasteiger partial charge >= 0.3 is 0 Å². The molecular formula is C10H9N3O. The number of imidazole rings is 1. The van der Waals surface area contributed by atoms with Crippen LogP contribution in [0, 0.1) is 11.8 Å². The Morgan fingerprint density at radius 2 is 2.36 bits per heavy atom. The number of rotatable bonds is 0. The number of aromatic nitrogens is 3. The lowest BCUT2D eigenvalue weighted by Gasteiger charge is -1.92. The van der Waals surface area contributed by atoms with Crippen molar-refractivity contribution in [3.63, 3.8) is 0 Å². The van der Waals surface area contributed by atoms with E-state index in [0.717, 1.165) is 16.7 Å². The van der Waals surface area contributed by atoms with Crippen molar-refractivity contribution < 1.29 is 5.11 Å². The Balaban J connectivity index is 2.52. The molecule has 0 amide bonds. The summed E-state index contributed by atoms with van der Waals surface area (Å²) in [7, 11) is 1.89. The van der Waals surface area contributed by atoms with E-state index < -0.39 is 0 Å². The van der Waals surface area contributed by atoms with Crippen LogP contribution in [0.1, 0.15) is 5.56 Å². The molecular weight excluding hydrogens is 178 g/mol. The maximum Gasteiger partial charge on any atom is 0.159 e. The molecule has 0 spiro atoms. The average Bonchev–Trinajstić information content (AvgIpc) is 2.57. The fourth-order valence-electron chi connectivity index (χ4n) is 1.23. The molecule has 0 aromatic carbocycles. The van der Waals surface area contributed by atoms with Gasteiger partial charge in [0.15, 0.2) is 5.65 Å². The summed E-state index contributed by atoms with van der Waals surface area (Å²) in [5.41, 5.74) is 2.42. The normalized spacial score (nSPS) is 9.86. The fourth-order valence-corrected chi connectivity index (χ4v) is 1.23. The molecule has 14 heavy (non-hydrogen) atoms. The molecule has 0 fully saturated rings. The van der Waals surface area contributed by atoms with Gasteiger partial charge in [-0.2, -0.15) is 0 Å². The van der Waals surface area contributed by atoms with Gasteiger partial charge in [-0.3, -0.25) is 0 Å². The first-order valence-electron chi connectivity index (χ1n) is 4.18. The monoisotopic (exact) mass is 187 g/mol. The lowest BCUT2D eigenvalue weighted by Crippen LogP contribution is -1.88. The maximum atomic E-state index is 8.53. The number of nitrogens with zero attached hydrogens (tertiary/aromatic N) is 3. The smallest absolute Gasteiger partial charge is 0.159 e. The van der Waals surface area contributed by atoms with E-state index in [1.54, 1.807) is 12.5 Å². The molecule has 0 atom stereocenters. The third-order valence-electron chi connectivity index (χ3n) is 1.86. The van der Waals surface area contributed by atoms with Gasteiger partial charge in [0.05, 0.1) is 6.33 Å². The Hall–Kier alpha value is -1.86. The average molecular weight is 187 g/mol. The van der Waals surface area contributed by atoms with Crippen molar-refractivity contribution in [1.29, 1.82) is 0 Å². The predicted molar refractivity (Wildman–Crippen MR) is 52.5 cm³/mol. The first-order valence-corrected chi connectivity index (χ1v) is 4.18. The second-order valence-corrected chi connectivity index (χ2v) is 2.88. The van der Waals surface area contributed by atoms with E-state index >= 15 is 0 Å². The van der Waals surface area contributed by atoms with Crippen LogP contribution in [0.4, 0.5) is 0 Å². The highest BCUT2D eigenvalue weighted by Gasteiger charge is 2.00. The number of hydrogen-bond acceptors (Lipinski definition) is 3. The minimum atomic E-state index is -0.139. The molecule has 0 saturated heterocycles. The number of aliphatic hydroxyl groups is 1. The number of aryl methyl sites for hydroxylation is 1. The van der Waals surface area contributed by atoms with Gasteiger partial charge in [0.25, 0.3) is 0 Å². The van der Waals surface area contributed by atoms with Crippen LogP contribution >= 0.6 is 0 Å². The van der Waals surface area contributed by atoms with Crippen LogP contribution in [0.3, 0.4) is 0 Å². The van der Waals surface area contributed by atoms with Crippen LogP contribution in [0.2, 0.25) is 0 Å². The third kappa shape index (κ3) is 1.45. The summed E-state index contributed by atoms with van der Waals surface area (Å²) in [6.07, 6.45) is 3.38. The molecule has 0 aliphatic heterocycles. The second kappa shape index (κ2) is 3.48. The Bertz CT molecular complexity index is 519. The summed E-state index contributed by atoms with van der Waals surface area (Å²) in [6.45, 7) is -0.139. The highest BCUT2D eigenvalue weighted by molar-refractivity contribution is 5.72. The summed E-state index contributed by atoms with van der Waals surface area (Å²) in [5, 5.41) is 8.53. The van der Waals surface area contributed by atoms with Gasteiger partial charge in [-0.1, -0.05) is 11.8 Å². The van der Waals surface area contributed by atoms with E-state index in [4.69, 9.17) is 5.11 Å². The summed E-state index contributed by atoms with van der Waals surface area (Å²) in [6, 6.07) is 1.85. The van der Waals surface area contributed by atoms with E-state index in [1.807, 2.05) is 17.7 Å². The van der Waals surface area contributed by atoms with E-state index in [-0.39, 0.29) is 6.61 Å². The van der Waals surface area contributed by atoms with Gasteiger partial charge in [0.1, 0.15) is 12.1 Å². The largest absolute Gasteiger partial charge is 0.384 e. The molecule has 0 bridgehead atoms. The number of aliphatic hydroxyl groups excluding tert-OH is 1. The van der Waals surface area contributed by atoms with Gasteiger partial charge < -0.3 is 9.67 Å². The summed E-state index contributed by atoms with van der Waals surface area (Å²) < 4.78 is 1.85. The Kier molecular flexibility index (Phi) is 2.17. The number of pyridine rings is 1. The Morgan fingerprint density at radius 1 is 1.50 bits per heavy atom. The molecule has 2 aromatic rings. The molecule has 1 N–H and O–H groups in total. The first kappa shape index (κ1) is 8.73. The molecule has 2 rings (SSSR count). The van der Waals surface area contributed by atoms with E-state index in [1.165, 1.54) is 0 Å². The van der Waals surface area contributed by atoms with Crippen LogP contribution in [-0.2, 0) is 7.05 Å². The molecule has 70 valence electrons. The van der Waals surface area contributed by atoms with Gasteiger partial charge in [0.2, 0.25) is 0 Å². The summed E-state index contributed by atoms with van der Waals surface area (Å²) >= 11 is 0. The van der Waals surface area contributed by atoms with E-state index in [0.29, 0.717) is 0 Å². The van der Waals surface area contributed by atoms with Gasteiger partial charge in [-0.05, 0) is 6.07 Å². The highest BCUT2D eigenvalue weighted by Crippen LogP contribution is 2.09. The second-order valence-electron chi connectivity index (χ2n) is 2.88. The maximum absolute atomic E-state index is 8.53. The zero-order chi connectivity index (χ0) is 9.97. The lowest BCUT2D eigenvalue weighted by atomic mass is 10.3. The number of fused-ring (bicyclic) bond motifs is 1. The standard InChI is InChI=1S/C10H9N3O/c1-13-7-12-9-5-8(3-2-4-14)6-11-10(9)13/h5-7,14H,4H2,1H3. The zero-order valence-corrected chi connectivity index (χ0v) is 7.73. The van der Waals surface area contributed by atoms with Crippen molar-refractivity contribution in [1.82, 2.24) is 14.5 Å². The van der Waals surface area contributed by atoms with Crippen molar-refractivity contribution in [2.45, 2.75) is 0 Å². The van der Waals surface area contributed by atoms with Crippen LogP contribution < -0.4 is 0 Å². The molecule has 0 unspecified atom stereocenters. The van der Waals surface area contributed by atoms with E-state index in [9.17, 15) is 0 Å². The number of hydrogen-bond donors (Lipinski definition) is 1. The zero-order valence-electron chi connectivity index (χ0n) is 7.73. The SMILES string of the molecule is Cn1cnc2cc(C#CCO)cnc21. The lowest BCUT2D eigenvalue weighted by molar-refractivity contribution is 0.350. The summed E-state index contributed by atoms with van der Waals surface area (Å²) in [4.78, 5) is 8.37. The van der Waals surface area contributed by atoms with Gasteiger partial charge in [0, 0.05) is 18.8 Å². The topological polar surface area (TPSA) is 50.9 Å². The molecule has 4 heteroatoms. The van der Waals surface area contributed by atoms with Crippen LogP contribution in [-0.4, -0.2) is 26.2 Å². The molecule has 0 aliphatic rings. The quantitative estimate of drug-likeness (QED) is 0.604. The molecule has 4 nitrogen and oxygen atoms in total. The predicted octanol–water partition coefficient (Wildman–Crippen LogP) is 0.312. The van der Waals surface area contributed by atoms with Crippen molar-refractivity contribution in [2.24, 2.45) is 7.05 Å². The summed E-state index contributed by atoms with van der Waals surface area (Å²) in [5.74, 6) is 5.35. The van der Waals surface area contributed by atoms with Crippen molar-refractivity contribution in [2.75, 3.05) is 6.61 Å². The molecule has 0 saturated carbocycles. The first-order chi connectivity index (χ1) is 6.81. The minimum absolute atomic E-state index is 0.139. The van der Waals surface area contributed by atoms with Crippen LogP contribution in [0.25, 0.3) is 11.2 Å². The third-order valence-corrected chi connectivity index (χ3v) is 1.86. The minimum Gasteiger partial charge on any atom is -0.384 e. The van der Waals surface area contributed by atoms with Crippen LogP contribution in [0.15, 0.2) is 18.6 Å².